The highest BCUT2D eigenvalue weighted by Crippen LogP contribution is 2.24. The molecule has 0 aromatic heterocycles. The molecule has 1 atom stereocenters. The van der Waals surface area contributed by atoms with Crippen molar-refractivity contribution in [3.05, 3.63) is 29.8 Å². The summed E-state index contributed by atoms with van der Waals surface area (Å²) >= 11 is 0. The Hall–Kier alpha value is -1.02. The first-order chi connectivity index (χ1) is 8.70. The van der Waals surface area contributed by atoms with E-state index in [4.69, 9.17) is 0 Å². The van der Waals surface area contributed by atoms with Gasteiger partial charge in [0, 0.05) is 24.8 Å². The van der Waals surface area contributed by atoms with Crippen LogP contribution in [0, 0.1) is 5.92 Å². The van der Waals surface area contributed by atoms with E-state index in [0.29, 0.717) is 6.04 Å². The molecule has 0 bridgehead atoms. The topological polar surface area (TPSA) is 15.3 Å². The van der Waals surface area contributed by atoms with Gasteiger partial charge >= 0.3 is 0 Å². The first-order valence-electron chi connectivity index (χ1n) is 7.29. The summed E-state index contributed by atoms with van der Waals surface area (Å²) in [5.74, 6) is 0.897. The molecule has 0 radical (unpaired) electrons. The van der Waals surface area contributed by atoms with Gasteiger partial charge in [-0.3, -0.25) is 0 Å². The Balaban J connectivity index is 1.99. The predicted molar refractivity (Wildman–Crippen MR) is 79.1 cm³/mol. The van der Waals surface area contributed by atoms with Gasteiger partial charge in [0.1, 0.15) is 0 Å². The predicted octanol–water partition coefficient (Wildman–Crippen LogP) is 3.59. The first-order valence-corrected chi connectivity index (χ1v) is 7.29. The van der Waals surface area contributed by atoms with Crippen LogP contribution in [0.2, 0.25) is 0 Å². The van der Waals surface area contributed by atoms with Crippen LogP contribution in [0.4, 0.5) is 5.69 Å². The van der Waals surface area contributed by atoms with Crippen LogP contribution in [0.3, 0.4) is 0 Å². The number of nitrogens with zero attached hydrogens (tertiary/aromatic N) is 1. The molecule has 1 N–H and O–H groups in total. The van der Waals surface area contributed by atoms with Crippen LogP contribution >= 0.6 is 0 Å². The van der Waals surface area contributed by atoms with Crippen LogP contribution in [0.1, 0.15) is 45.2 Å². The molecular weight excluding hydrogens is 220 g/mol. The van der Waals surface area contributed by atoms with Crippen molar-refractivity contribution in [2.75, 3.05) is 24.5 Å². The van der Waals surface area contributed by atoms with Gasteiger partial charge in [-0.15, -0.1) is 0 Å². The molecule has 1 heterocycles. The summed E-state index contributed by atoms with van der Waals surface area (Å²) < 4.78 is 0. The van der Waals surface area contributed by atoms with Crippen molar-refractivity contribution in [2.45, 2.75) is 39.7 Å². The molecule has 0 amide bonds. The van der Waals surface area contributed by atoms with Crippen molar-refractivity contribution in [1.82, 2.24) is 5.32 Å². The second-order valence-electron chi connectivity index (χ2n) is 5.54. The molecule has 1 aromatic rings. The minimum absolute atomic E-state index is 0.449. The summed E-state index contributed by atoms with van der Waals surface area (Å²) in [7, 11) is 0. The van der Waals surface area contributed by atoms with E-state index in [-0.39, 0.29) is 0 Å². The van der Waals surface area contributed by atoms with Crippen LogP contribution in [0.5, 0.6) is 0 Å². The summed E-state index contributed by atoms with van der Waals surface area (Å²) in [6.45, 7) is 10.2. The van der Waals surface area contributed by atoms with Crippen molar-refractivity contribution in [2.24, 2.45) is 5.92 Å². The average molecular weight is 246 g/mol. The second kappa shape index (κ2) is 6.24. The van der Waals surface area contributed by atoms with E-state index in [1.165, 1.54) is 37.2 Å². The largest absolute Gasteiger partial charge is 0.372 e. The fourth-order valence-electron chi connectivity index (χ4n) is 2.66. The Morgan fingerprint density at radius 3 is 2.39 bits per heavy atom. The minimum atomic E-state index is 0.449. The van der Waals surface area contributed by atoms with Crippen LogP contribution in [0.25, 0.3) is 0 Å². The lowest BCUT2D eigenvalue weighted by Gasteiger charge is -2.32. The zero-order chi connectivity index (χ0) is 13.0. The molecule has 1 unspecified atom stereocenters. The van der Waals surface area contributed by atoms with Gasteiger partial charge in [0.05, 0.1) is 0 Å². The Morgan fingerprint density at radius 1 is 1.22 bits per heavy atom. The van der Waals surface area contributed by atoms with Gasteiger partial charge in [-0.25, -0.2) is 0 Å². The van der Waals surface area contributed by atoms with Crippen LogP contribution in [-0.2, 0) is 0 Å². The molecule has 1 aromatic carbocycles. The van der Waals surface area contributed by atoms with Crippen LogP contribution in [-0.4, -0.2) is 19.6 Å². The summed E-state index contributed by atoms with van der Waals surface area (Å²) in [4.78, 5) is 2.52. The van der Waals surface area contributed by atoms with Gasteiger partial charge in [0.25, 0.3) is 0 Å². The van der Waals surface area contributed by atoms with Crippen molar-refractivity contribution < 1.29 is 0 Å². The molecule has 0 aliphatic carbocycles. The number of hydrogen-bond donors (Lipinski definition) is 1. The lowest BCUT2D eigenvalue weighted by atomic mass is 9.98. The third kappa shape index (κ3) is 3.26. The molecule has 18 heavy (non-hydrogen) atoms. The smallest absolute Gasteiger partial charge is 0.0366 e. The lowest BCUT2D eigenvalue weighted by molar-refractivity contribution is 0.438. The average Bonchev–Trinajstić information content (AvgIpc) is 2.40. The Bertz CT molecular complexity index is 350. The third-order valence-corrected chi connectivity index (χ3v) is 4.05. The van der Waals surface area contributed by atoms with Gasteiger partial charge < -0.3 is 10.2 Å². The summed E-state index contributed by atoms with van der Waals surface area (Å²) in [5.41, 5.74) is 2.76. The molecule has 2 heteroatoms. The van der Waals surface area contributed by atoms with E-state index in [1.807, 2.05) is 0 Å². The maximum Gasteiger partial charge on any atom is 0.0366 e. The molecule has 0 saturated carbocycles. The van der Waals surface area contributed by atoms with Crippen molar-refractivity contribution in [3.63, 3.8) is 0 Å². The Labute approximate surface area is 111 Å². The van der Waals surface area contributed by atoms with Crippen LogP contribution < -0.4 is 10.2 Å². The standard InChI is InChI=1S/C16H26N2/c1-4-17-14(3)15-5-7-16(8-6-15)18-11-9-13(2)10-12-18/h5-8,13-14,17H,4,9-12H2,1-3H3. The summed E-state index contributed by atoms with van der Waals surface area (Å²) in [5, 5.41) is 3.45. The normalized spacial score (nSPS) is 18.9. The fourth-order valence-corrected chi connectivity index (χ4v) is 2.66. The molecule has 2 nitrogen and oxygen atoms in total. The van der Waals surface area contributed by atoms with E-state index in [1.54, 1.807) is 0 Å². The van der Waals surface area contributed by atoms with Crippen molar-refractivity contribution >= 4 is 5.69 Å². The number of hydrogen-bond acceptors (Lipinski definition) is 2. The second-order valence-corrected chi connectivity index (χ2v) is 5.54. The van der Waals surface area contributed by atoms with E-state index in [9.17, 15) is 0 Å². The van der Waals surface area contributed by atoms with Gasteiger partial charge in [0.2, 0.25) is 0 Å². The maximum atomic E-state index is 3.45. The van der Waals surface area contributed by atoms with E-state index in [2.05, 4.69) is 55.3 Å². The third-order valence-electron chi connectivity index (χ3n) is 4.05. The van der Waals surface area contributed by atoms with E-state index in [0.717, 1.165) is 12.5 Å². The van der Waals surface area contributed by atoms with Gasteiger partial charge in [-0.2, -0.15) is 0 Å². The number of nitrogens with one attached hydrogen (secondary N) is 1. The number of benzene rings is 1. The number of piperidine rings is 1. The molecule has 1 saturated heterocycles. The van der Waals surface area contributed by atoms with E-state index < -0.39 is 0 Å². The monoisotopic (exact) mass is 246 g/mol. The Kier molecular flexibility index (Phi) is 4.65. The summed E-state index contributed by atoms with van der Waals surface area (Å²) in [6.07, 6.45) is 2.66. The maximum absolute atomic E-state index is 3.45. The van der Waals surface area contributed by atoms with Crippen molar-refractivity contribution in [1.29, 1.82) is 0 Å². The number of anilines is 1. The zero-order valence-electron chi connectivity index (χ0n) is 11.9. The van der Waals surface area contributed by atoms with E-state index >= 15 is 0 Å². The summed E-state index contributed by atoms with van der Waals surface area (Å²) in [6, 6.07) is 9.53. The van der Waals surface area contributed by atoms with Gasteiger partial charge in [-0.05, 0) is 49.9 Å². The Morgan fingerprint density at radius 2 is 1.83 bits per heavy atom. The molecule has 1 aliphatic rings. The highest BCUT2D eigenvalue weighted by molar-refractivity contribution is 5.48. The zero-order valence-corrected chi connectivity index (χ0v) is 11.9. The van der Waals surface area contributed by atoms with Crippen LogP contribution in [0.15, 0.2) is 24.3 Å². The SMILES string of the molecule is CCNC(C)c1ccc(N2CCC(C)CC2)cc1. The van der Waals surface area contributed by atoms with Gasteiger partial charge in [0.15, 0.2) is 0 Å². The molecule has 0 spiro atoms. The quantitative estimate of drug-likeness (QED) is 0.873. The lowest BCUT2D eigenvalue weighted by Crippen LogP contribution is -2.32. The first kappa shape index (κ1) is 13.4. The minimum Gasteiger partial charge on any atom is -0.372 e. The highest BCUT2D eigenvalue weighted by atomic mass is 15.1. The molecule has 100 valence electrons. The highest BCUT2D eigenvalue weighted by Gasteiger charge is 2.16. The molecular formula is C16H26N2. The molecule has 1 fully saturated rings. The fraction of sp³-hybridized carbons (Fsp3) is 0.625. The van der Waals surface area contributed by atoms with Gasteiger partial charge in [-0.1, -0.05) is 26.0 Å². The number of rotatable bonds is 4. The molecule has 1 aliphatic heterocycles. The van der Waals surface area contributed by atoms with Crippen molar-refractivity contribution in [3.8, 4) is 0 Å². The molecule has 2 rings (SSSR count).